The fourth-order valence-corrected chi connectivity index (χ4v) is 1.32. The van der Waals surface area contributed by atoms with E-state index in [1.54, 1.807) is 7.05 Å². The van der Waals surface area contributed by atoms with Gasteiger partial charge in [-0.15, -0.1) is 5.10 Å². The van der Waals surface area contributed by atoms with Gasteiger partial charge in [-0.25, -0.2) is 4.68 Å². The van der Waals surface area contributed by atoms with Crippen molar-refractivity contribution in [2.24, 2.45) is 7.05 Å². The van der Waals surface area contributed by atoms with Gasteiger partial charge in [-0.05, 0) is 35.0 Å². The van der Waals surface area contributed by atoms with E-state index in [9.17, 15) is 0 Å². The molecule has 4 nitrogen and oxygen atoms in total. The number of aryl methyl sites for hydroxylation is 2. The lowest BCUT2D eigenvalue weighted by Crippen LogP contribution is -1.88. The van der Waals surface area contributed by atoms with Gasteiger partial charge in [-0.2, -0.15) is 0 Å². The Balaban J connectivity index is 2.47. The number of rotatable bonds is 1. The minimum Gasteiger partial charge on any atom is -0.250 e. The molecule has 0 aliphatic heterocycles. The zero-order valence-electron chi connectivity index (χ0n) is 7.82. The minimum absolute atomic E-state index is 0.670. The van der Waals surface area contributed by atoms with E-state index in [1.165, 1.54) is 4.68 Å². The second kappa shape index (κ2) is 3.49. The first-order valence-corrected chi connectivity index (χ1v) is 4.88. The fourth-order valence-electron chi connectivity index (χ4n) is 1.09. The van der Waals surface area contributed by atoms with Gasteiger partial charge < -0.3 is 0 Å². The van der Waals surface area contributed by atoms with Crippen LogP contribution in [-0.4, -0.2) is 20.0 Å². The average Bonchev–Trinajstić information content (AvgIpc) is 2.57. The van der Waals surface area contributed by atoms with Crippen molar-refractivity contribution in [2.75, 3.05) is 0 Å². The highest BCUT2D eigenvalue weighted by Crippen LogP contribution is 2.19. The third-order valence-corrected chi connectivity index (χ3v) is 2.65. The highest BCUT2D eigenvalue weighted by atomic mass is 79.9. The predicted octanol–water partition coefficient (Wildman–Crippen LogP) is 1.75. The van der Waals surface area contributed by atoms with Crippen molar-refractivity contribution in [1.29, 1.82) is 0 Å². The van der Waals surface area contributed by atoms with E-state index in [0.29, 0.717) is 5.69 Å². The van der Waals surface area contributed by atoms with E-state index in [0.717, 1.165) is 15.9 Å². The molecule has 0 aromatic carbocycles. The normalized spacial score (nSPS) is 10.5. The number of pyridine rings is 1. The SMILES string of the molecule is Cc1nc(-c2[c]n(C)nn2)ccc1Br. The molecular weight excluding hydrogens is 244 g/mol. The molecule has 0 saturated carbocycles. The van der Waals surface area contributed by atoms with Gasteiger partial charge in [0, 0.05) is 11.5 Å². The summed E-state index contributed by atoms with van der Waals surface area (Å²) < 4.78 is 2.53. The Bertz CT molecular complexity index is 464. The van der Waals surface area contributed by atoms with Gasteiger partial charge in [-0.1, -0.05) is 5.21 Å². The summed E-state index contributed by atoms with van der Waals surface area (Å²) in [6.07, 6.45) is 2.96. The van der Waals surface area contributed by atoms with E-state index in [4.69, 9.17) is 0 Å². The molecule has 2 heterocycles. The lowest BCUT2D eigenvalue weighted by atomic mass is 10.2. The molecule has 0 amide bonds. The van der Waals surface area contributed by atoms with Gasteiger partial charge in [0.1, 0.15) is 11.9 Å². The van der Waals surface area contributed by atoms with Gasteiger partial charge in [-0.3, -0.25) is 4.98 Å². The van der Waals surface area contributed by atoms with E-state index in [-0.39, 0.29) is 0 Å². The van der Waals surface area contributed by atoms with Crippen molar-refractivity contribution in [3.05, 3.63) is 28.5 Å². The number of nitrogens with zero attached hydrogens (tertiary/aromatic N) is 4. The van der Waals surface area contributed by atoms with Crippen molar-refractivity contribution < 1.29 is 0 Å². The second-order valence-electron chi connectivity index (χ2n) is 2.94. The average molecular weight is 252 g/mol. The molecule has 5 heteroatoms. The van der Waals surface area contributed by atoms with Crippen LogP contribution in [0.15, 0.2) is 16.6 Å². The quantitative estimate of drug-likeness (QED) is 0.776. The molecule has 0 aliphatic rings. The molecule has 0 bridgehead atoms. The van der Waals surface area contributed by atoms with Crippen LogP contribution < -0.4 is 0 Å². The Morgan fingerprint density at radius 3 is 2.79 bits per heavy atom. The smallest absolute Gasteiger partial charge is 0.141 e. The lowest BCUT2D eigenvalue weighted by molar-refractivity contribution is 0.711. The molecule has 0 N–H and O–H groups in total. The molecule has 0 unspecified atom stereocenters. The monoisotopic (exact) mass is 251 g/mol. The Kier molecular flexibility index (Phi) is 2.33. The summed E-state index contributed by atoms with van der Waals surface area (Å²) in [6.45, 7) is 1.93. The first kappa shape index (κ1) is 9.33. The maximum Gasteiger partial charge on any atom is 0.141 e. The predicted molar refractivity (Wildman–Crippen MR) is 55.5 cm³/mol. The van der Waals surface area contributed by atoms with Crippen molar-refractivity contribution in [3.8, 4) is 11.4 Å². The Morgan fingerprint density at radius 1 is 1.43 bits per heavy atom. The summed E-state index contributed by atoms with van der Waals surface area (Å²) in [5.74, 6) is 0. The van der Waals surface area contributed by atoms with Gasteiger partial charge in [0.05, 0.1) is 11.4 Å². The molecule has 14 heavy (non-hydrogen) atoms. The minimum atomic E-state index is 0.670. The molecule has 0 saturated heterocycles. The summed E-state index contributed by atoms with van der Waals surface area (Å²) in [5, 5.41) is 7.74. The topological polar surface area (TPSA) is 43.6 Å². The van der Waals surface area contributed by atoms with Crippen LogP contribution in [0.25, 0.3) is 11.4 Å². The van der Waals surface area contributed by atoms with E-state index >= 15 is 0 Å². The van der Waals surface area contributed by atoms with Crippen LogP contribution in [0, 0.1) is 13.1 Å². The molecule has 71 valence electrons. The summed E-state index contributed by atoms with van der Waals surface area (Å²) >= 11 is 3.39. The summed E-state index contributed by atoms with van der Waals surface area (Å²) in [4.78, 5) is 4.36. The van der Waals surface area contributed by atoms with Crippen molar-refractivity contribution >= 4 is 15.9 Å². The molecule has 2 aromatic rings. The third kappa shape index (κ3) is 1.68. The van der Waals surface area contributed by atoms with Crippen LogP contribution in [0.3, 0.4) is 0 Å². The zero-order chi connectivity index (χ0) is 10.1. The van der Waals surface area contributed by atoms with E-state index in [2.05, 4.69) is 37.4 Å². The molecule has 0 spiro atoms. The first-order chi connectivity index (χ1) is 6.66. The van der Waals surface area contributed by atoms with Crippen LogP contribution in [0.4, 0.5) is 0 Å². The lowest BCUT2D eigenvalue weighted by Gasteiger charge is -1.98. The van der Waals surface area contributed by atoms with Crippen LogP contribution in [-0.2, 0) is 7.05 Å². The molecule has 0 atom stereocenters. The number of hydrogen-bond donors (Lipinski definition) is 0. The molecular formula is C9H8BrN4. The Hall–Kier alpha value is -1.23. The third-order valence-electron chi connectivity index (χ3n) is 1.81. The van der Waals surface area contributed by atoms with Crippen LogP contribution in [0.5, 0.6) is 0 Å². The molecule has 0 aliphatic carbocycles. The Morgan fingerprint density at radius 2 is 2.21 bits per heavy atom. The maximum absolute atomic E-state index is 4.36. The Labute approximate surface area is 90.1 Å². The number of aromatic nitrogens is 4. The molecule has 1 radical (unpaired) electrons. The largest absolute Gasteiger partial charge is 0.250 e. The van der Waals surface area contributed by atoms with Gasteiger partial charge in [0.25, 0.3) is 0 Å². The summed E-state index contributed by atoms with van der Waals surface area (Å²) in [7, 11) is 1.78. The standard InChI is InChI=1S/C9H8BrN4/c1-6-7(10)3-4-8(11-6)9-5-14(2)13-12-9/h3-4H,1-2H3. The van der Waals surface area contributed by atoms with Gasteiger partial charge in [0.15, 0.2) is 0 Å². The van der Waals surface area contributed by atoms with Crippen molar-refractivity contribution in [1.82, 2.24) is 20.0 Å². The van der Waals surface area contributed by atoms with E-state index in [1.807, 2.05) is 19.1 Å². The van der Waals surface area contributed by atoms with Crippen LogP contribution >= 0.6 is 15.9 Å². The molecule has 2 aromatic heterocycles. The highest BCUT2D eigenvalue weighted by Gasteiger charge is 2.05. The number of halogens is 1. The summed E-state index contributed by atoms with van der Waals surface area (Å²) in [6, 6.07) is 3.83. The van der Waals surface area contributed by atoms with Crippen LogP contribution in [0.2, 0.25) is 0 Å². The fraction of sp³-hybridized carbons (Fsp3) is 0.222. The van der Waals surface area contributed by atoms with Gasteiger partial charge >= 0.3 is 0 Å². The van der Waals surface area contributed by atoms with Gasteiger partial charge in [0.2, 0.25) is 0 Å². The number of hydrogen-bond acceptors (Lipinski definition) is 3. The summed E-state index contributed by atoms with van der Waals surface area (Å²) in [5.41, 5.74) is 2.39. The molecule has 0 fully saturated rings. The van der Waals surface area contributed by atoms with Crippen molar-refractivity contribution in [3.63, 3.8) is 0 Å². The first-order valence-electron chi connectivity index (χ1n) is 4.09. The second-order valence-corrected chi connectivity index (χ2v) is 3.79. The van der Waals surface area contributed by atoms with E-state index < -0.39 is 0 Å². The van der Waals surface area contributed by atoms with Crippen molar-refractivity contribution in [2.45, 2.75) is 6.92 Å². The zero-order valence-corrected chi connectivity index (χ0v) is 9.41. The molecule has 2 rings (SSSR count). The van der Waals surface area contributed by atoms with Crippen LogP contribution in [0.1, 0.15) is 5.69 Å². The maximum atomic E-state index is 4.36. The highest BCUT2D eigenvalue weighted by molar-refractivity contribution is 9.10.